The molecule has 0 spiro atoms. The minimum Gasteiger partial charge on any atom is -0.493 e. The second-order valence-corrected chi connectivity index (χ2v) is 7.76. The van der Waals surface area contributed by atoms with E-state index >= 15 is 0 Å². The maximum Gasteiger partial charge on any atom is 0.359 e. The number of anilines is 1. The highest BCUT2D eigenvalue weighted by atomic mass is 16.5. The van der Waals surface area contributed by atoms with E-state index in [-0.39, 0.29) is 24.9 Å². The van der Waals surface area contributed by atoms with Gasteiger partial charge in [-0.3, -0.25) is 0 Å². The van der Waals surface area contributed by atoms with Crippen LogP contribution >= 0.6 is 0 Å². The van der Waals surface area contributed by atoms with Gasteiger partial charge in [0.05, 0.1) is 51.5 Å². The minimum absolute atomic E-state index is 0.215. The van der Waals surface area contributed by atoms with Gasteiger partial charge in [-0.05, 0) is 19.1 Å². The Balaban J connectivity index is 1.62. The summed E-state index contributed by atoms with van der Waals surface area (Å²) in [7, 11) is 4.54. The number of benzene rings is 2. The monoisotopic (exact) mass is 480 g/mol. The van der Waals surface area contributed by atoms with E-state index in [0.29, 0.717) is 41.5 Å². The van der Waals surface area contributed by atoms with E-state index in [1.54, 1.807) is 28.6 Å². The quantitative estimate of drug-likeness (QED) is 0.515. The number of para-hydroxylation sites is 1. The van der Waals surface area contributed by atoms with Crippen molar-refractivity contribution in [3.8, 4) is 22.9 Å². The molecule has 0 saturated carbocycles. The van der Waals surface area contributed by atoms with Crippen molar-refractivity contribution >= 4 is 17.7 Å². The lowest BCUT2D eigenvalue weighted by molar-refractivity contribution is 0.0516. The summed E-state index contributed by atoms with van der Waals surface area (Å²) in [5, 5.41) is 7.44. The summed E-state index contributed by atoms with van der Waals surface area (Å²) in [5.41, 5.74) is 3.11. The number of hydrogen-bond acceptors (Lipinski definition) is 7. The van der Waals surface area contributed by atoms with Crippen molar-refractivity contribution in [1.82, 2.24) is 14.7 Å². The molecule has 35 heavy (non-hydrogen) atoms. The zero-order valence-corrected chi connectivity index (χ0v) is 20.2. The summed E-state index contributed by atoms with van der Waals surface area (Å²) in [6.45, 7) is 2.64. The molecule has 2 heterocycles. The van der Waals surface area contributed by atoms with Gasteiger partial charge in [-0.25, -0.2) is 14.3 Å². The zero-order chi connectivity index (χ0) is 24.9. The Morgan fingerprint density at radius 3 is 2.31 bits per heavy atom. The first-order chi connectivity index (χ1) is 17.0. The molecule has 0 aliphatic carbocycles. The smallest absolute Gasteiger partial charge is 0.359 e. The number of carbonyl (C=O) groups excluding carboxylic acids is 2. The predicted molar refractivity (Wildman–Crippen MR) is 129 cm³/mol. The Hall–Kier alpha value is -4.21. The summed E-state index contributed by atoms with van der Waals surface area (Å²) in [6.07, 6.45) is 0.527. The molecule has 184 valence electrons. The van der Waals surface area contributed by atoms with E-state index in [1.807, 2.05) is 30.3 Å². The molecule has 1 aliphatic rings. The van der Waals surface area contributed by atoms with Crippen LogP contribution in [0.3, 0.4) is 0 Å². The van der Waals surface area contributed by atoms with Crippen molar-refractivity contribution in [3.05, 3.63) is 59.4 Å². The molecule has 10 nitrogen and oxygen atoms in total. The first-order valence-corrected chi connectivity index (χ1v) is 11.2. The highest BCUT2D eigenvalue weighted by Gasteiger charge is 2.31. The van der Waals surface area contributed by atoms with E-state index < -0.39 is 5.97 Å². The number of ether oxygens (including phenoxy) is 4. The summed E-state index contributed by atoms with van der Waals surface area (Å²) in [6, 6.07) is 12.6. The van der Waals surface area contributed by atoms with Gasteiger partial charge < -0.3 is 29.2 Å². The second kappa shape index (κ2) is 10.4. The van der Waals surface area contributed by atoms with Crippen LogP contribution in [0.15, 0.2) is 42.5 Å². The molecule has 4 rings (SSSR count). The number of methoxy groups -OCH3 is 3. The third-order valence-electron chi connectivity index (χ3n) is 5.73. The number of rotatable bonds is 7. The Kier molecular flexibility index (Phi) is 7.09. The van der Waals surface area contributed by atoms with Gasteiger partial charge >= 0.3 is 12.0 Å². The van der Waals surface area contributed by atoms with Crippen LogP contribution in [0, 0.1) is 0 Å². The number of carbonyl (C=O) groups is 2. The molecule has 0 fully saturated rings. The largest absolute Gasteiger partial charge is 0.493 e. The topological polar surface area (TPSA) is 104 Å². The van der Waals surface area contributed by atoms with Gasteiger partial charge in [0.1, 0.15) is 0 Å². The van der Waals surface area contributed by atoms with Crippen LogP contribution in [0.2, 0.25) is 0 Å². The van der Waals surface area contributed by atoms with E-state index in [2.05, 4.69) is 10.4 Å². The second-order valence-electron chi connectivity index (χ2n) is 7.76. The standard InChI is InChI=1S/C25H28N4O6/c1-5-35-24(30)22-18-15-28(12-11-19(18)29(27-22)17-9-7-6-8-10-17)25(31)26-16-13-20(32-2)23(34-4)21(14-16)33-3/h6-10,13-14H,5,11-12,15H2,1-4H3,(H,26,31). The third-order valence-corrected chi connectivity index (χ3v) is 5.73. The van der Waals surface area contributed by atoms with Crippen molar-refractivity contribution in [2.75, 3.05) is 39.8 Å². The Morgan fingerprint density at radius 2 is 1.71 bits per heavy atom. The van der Waals surface area contributed by atoms with E-state index in [4.69, 9.17) is 18.9 Å². The first kappa shape index (κ1) is 23.9. The van der Waals surface area contributed by atoms with Gasteiger partial charge in [-0.1, -0.05) is 18.2 Å². The predicted octanol–water partition coefficient (Wildman–Crippen LogP) is 3.67. The highest BCUT2D eigenvalue weighted by Crippen LogP contribution is 2.40. The molecular formula is C25H28N4O6. The number of nitrogens with zero attached hydrogens (tertiary/aromatic N) is 3. The van der Waals surface area contributed by atoms with E-state index in [1.165, 1.54) is 21.3 Å². The molecule has 1 aromatic heterocycles. The lowest BCUT2D eigenvalue weighted by Crippen LogP contribution is -2.39. The number of fused-ring (bicyclic) bond motifs is 1. The lowest BCUT2D eigenvalue weighted by Gasteiger charge is -2.28. The summed E-state index contributed by atoms with van der Waals surface area (Å²) in [5.74, 6) is 0.780. The molecular weight excluding hydrogens is 452 g/mol. The van der Waals surface area contributed by atoms with Gasteiger partial charge in [-0.15, -0.1) is 0 Å². The van der Waals surface area contributed by atoms with Crippen LogP contribution in [0.4, 0.5) is 10.5 Å². The van der Waals surface area contributed by atoms with Crippen molar-refractivity contribution < 1.29 is 28.5 Å². The molecule has 2 aromatic carbocycles. The molecule has 0 bridgehead atoms. The lowest BCUT2D eigenvalue weighted by atomic mass is 10.0. The van der Waals surface area contributed by atoms with Crippen LogP contribution in [0.5, 0.6) is 17.2 Å². The van der Waals surface area contributed by atoms with Crippen molar-refractivity contribution in [2.45, 2.75) is 19.9 Å². The van der Waals surface area contributed by atoms with Crippen LogP contribution in [0.1, 0.15) is 28.7 Å². The van der Waals surface area contributed by atoms with Crippen LogP contribution in [-0.2, 0) is 17.7 Å². The molecule has 0 unspecified atom stereocenters. The minimum atomic E-state index is -0.509. The van der Waals surface area contributed by atoms with Gasteiger partial charge in [0, 0.05) is 30.7 Å². The third kappa shape index (κ3) is 4.72. The van der Waals surface area contributed by atoms with Crippen LogP contribution in [-0.4, -0.2) is 61.2 Å². The van der Waals surface area contributed by atoms with Crippen LogP contribution in [0.25, 0.3) is 5.69 Å². The summed E-state index contributed by atoms with van der Waals surface area (Å²) in [4.78, 5) is 27.5. The van der Waals surface area contributed by atoms with Gasteiger partial charge in [0.25, 0.3) is 0 Å². The molecule has 3 aromatic rings. The van der Waals surface area contributed by atoms with Crippen molar-refractivity contribution in [1.29, 1.82) is 0 Å². The van der Waals surface area contributed by atoms with Crippen molar-refractivity contribution in [2.24, 2.45) is 0 Å². The normalized spacial score (nSPS) is 12.5. The van der Waals surface area contributed by atoms with E-state index in [0.717, 1.165) is 11.4 Å². The Morgan fingerprint density at radius 1 is 1.03 bits per heavy atom. The summed E-state index contributed by atoms with van der Waals surface area (Å²) >= 11 is 0. The number of esters is 1. The molecule has 0 saturated heterocycles. The highest BCUT2D eigenvalue weighted by molar-refractivity contribution is 5.92. The van der Waals surface area contributed by atoms with Crippen LogP contribution < -0.4 is 19.5 Å². The van der Waals surface area contributed by atoms with Gasteiger partial charge in [0.15, 0.2) is 17.2 Å². The average Bonchev–Trinajstić information content (AvgIpc) is 3.27. The fourth-order valence-electron chi connectivity index (χ4n) is 4.09. The Labute approximate surface area is 203 Å². The molecule has 2 amide bonds. The maximum atomic E-state index is 13.2. The van der Waals surface area contributed by atoms with Crippen molar-refractivity contribution in [3.63, 3.8) is 0 Å². The average molecular weight is 481 g/mol. The number of aromatic nitrogens is 2. The fourth-order valence-corrected chi connectivity index (χ4v) is 4.09. The molecule has 1 aliphatic heterocycles. The van der Waals surface area contributed by atoms with Gasteiger partial charge in [0.2, 0.25) is 5.75 Å². The number of amides is 2. The molecule has 1 N–H and O–H groups in total. The number of urea groups is 1. The maximum absolute atomic E-state index is 13.2. The number of nitrogens with one attached hydrogen (secondary N) is 1. The number of hydrogen-bond donors (Lipinski definition) is 1. The SMILES string of the molecule is CCOC(=O)c1nn(-c2ccccc2)c2c1CN(C(=O)Nc1cc(OC)c(OC)c(OC)c1)CC2. The molecule has 0 radical (unpaired) electrons. The molecule has 10 heteroatoms. The first-order valence-electron chi connectivity index (χ1n) is 11.2. The zero-order valence-electron chi connectivity index (χ0n) is 20.2. The fraction of sp³-hybridized carbons (Fsp3) is 0.320. The summed E-state index contributed by atoms with van der Waals surface area (Å²) < 4.78 is 23.1. The Bertz CT molecular complexity index is 1200. The van der Waals surface area contributed by atoms with Gasteiger partial charge in [-0.2, -0.15) is 5.10 Å². The molecule has 0 atom stereocenters. The van der Waals surface area contributed by atoms with E-state index in [9.17, 15) is 9.59 Å².